The Hall–Kier alpha value is -1.86. The summed E-state index contributed by atoms with van der Waals surface area (Å²) >= 11 is 10.2. The molecule has 0 saturated carbocycles. The zero-order valence-electron chi connectivity index (χ0n) is 15.6. The number of furan rings is 1. The Labute approximate surface area is 204 Å². The molecule has 0 aliphatic rings. The first kappa shape index (κ1) is 22.8. The summed E-state index contributed by atoms with van der Waals surface area (Å²) in [5.74, 6) is -0.176. The number of fused-ring (bicyclic) bond motifs is 1. The molecule has 0 aliphatic carbocycles. The van der Waals surface area contributed by atoms with Gasteiger partial charge in [0.05, 0.1) is 20.0 Å². The third kappa shape index (κ3) is 5.85. The smallest absolute Gasteiger partial charge is 0.344 e. The zero-order chi connectivity index (χ0) is 21.7. The topological polar surface area (TPSA) is 90.1 Å². The van der Waals surface area contributed by atoms with Crippen molar-refractivity contribution in [3.63, 3.8) is 0 Å². The van der Waals surface area contributed by atoms with Crippen LogP contribution in [0, 0.1) is 7.14 Å². The standard InChI is InChI=1S/C20H15ClI2N2O5/c1-2-28-18(26)10-29-19-14(22)5-11(6-15(19)23)9-24-25-20(27)17-8-12-7-13(21)3-4-16(12)30-17/h3-9H,2,10H2,1H3,(H,25,27)/b24-9+. The molecule has 3 rings (SSSR count). The van der Waals surface area contributed by atoms with Crippen molar-refractivity contribution in [3.05, 3.63) is 59.9 Å². The van der Waals surface area contributed by atoms with E-state index in [1.54, 1.807) is 31.2 Å². The third-order valence-corrected chi connectivity index (χ3v) is 5.58. The molecule has 0 atom stereocenters. The van der Waals surface area contributed by atoms with Gasteiger partial charge in [-0.25, -0.2) is 10.2 Å². The van der Waals surface area contributed by atoms with Crippen molar-refractivity contribution in [1.82, 2.24) is 5.43 Å². The molecule has 2 aromatic carbocycles. The number of carbonyl (C=O) groups is 2. The van der Waals surface area contributed by atoms with Gasteiger partial charge in [0.2, 0.25) is 0 Å². The van der Waals surface area contributed by atoms with Crippen LogP contribution in [-0.4, -0.2) is 31.3 Å². The first-order chi connectivity index (χ1) is 14.4. The highest BCUT2D eigenvalue weighted by Crippen LogP contribution is 2.28. The zero-order valence-corrected chi connectivity index (χ0v) is 20.6. The van der Waals surface area contributed by atoms with E-state index in [4.69, 9.17) is 25.5 Å². The summed E-state index contributed by atoms with van der Waals surface area (Å²) in [6.45, 7) is 1.88. The summed E-state index contributed by atoms with van der Waals surface area (Å²) in [6, 6.07) is 10.4. The highest BCUT2D eigenvalue weighted by atomic mass is 127. The predicted molar refractivity (Wildman–Crippen MR) is 130 cm³/mol. The lowest BCUT2D eigenvalue weighted by molar-refractivity contribution is -0.145. The average Bonchev–Trinajstić information content (AvgIpc) is 3.11. The first-order valence-electron chi connectivity index (χ1n) is 8.67. The van der Waals surface area contributed by atoms with Gasteiger partial charge in [-0.1, -0.05) is 11.6 Å². The van der Waals surface area contributed by atoms with E-state index in [1.165, 1.54) is 6.21 Å². The normalized spacial score (nSPS) is 11.1. The third-order valence-electron chi connectivity index (χ3n) is 3.74. The average molecular weight is 653 g/mol. The second kappa shape index (κ2) is 10.4. The Bertz CT molecular complexity index is 1110. The summed E-state index contributed by atoms with van der Waals surface area (Å²) in [6.07, 6.45) is 1.51. The molecule has 0 fully saturated rings. The van der Waals surface area contributed by atoms with Crippen LogP contribution in [0.4, 0.5) is 0 Å². The van der Waals surface area contributed by atoms with E-state index in [2.05, 4.69) is 55.7 Å². The SMILES string of the molecule is CCOC(=O)COc1c(I)cc(/C=N/NC(=O)c2cc3cc(Cl)ccc3o2)cc1I. The van der Waals surface area contributed by atoms with Crippen LogP contribution in [0.3, 0.4) is 0 Å². The van der Waals surface area contributed by atoms with Gasteiger partial charge in [-0.05, 0) is 94.1 Å². The van der Waals surface area contributed by atoms with Crippen LogP contribution in [0.15, 0.2) is 45.9 Å². The van der Waals surface area contributed by atoms with E-state index in [0.29, 0.717) is 23.0 Å². The first-order valence-corrected chi connectivity index (χ1v) is 11.2. The van der Waals surface area contributed by atoms with Crippen LogP contribution >= 0.6 is 56.8 Å². The van der Waals surface area contributed by atoms with Gasteiger partial charge in [0.15, 0.2) is 12.4 Å². The molecule has 156 valence electrons. The summed E-state index contributed by atoms with van der Waals surface area (Å²) in [5.41, 5.74) is 3.76. The molecule has 3 aromatic rings. The Balaban J connectivity index is 1.65. The van der Waals surface area contributed by atoms with Crippen LogP contribution in [0.5, 0.6) is 5.75 Å². The molecule has 0 bridgehead atoms. The number of nitrogens with zero attached hydrogens (tertiary/aromatic N) is 1. The van der Waals surface area contributed by atoms with Crippen LogP contribution in [0.25, 0.3) is 11.0 Å². The highest BCUT2D eigenvalue weighted by Gasteiger charge is 2.13. The van der Waals surface area contributed by atoms with Crippen molar-refractivity contribution in [2.24, 2.45) is 5.10 Å². The van der Waals surface area contributed by atoms with Gasteiger partial charge < -0.3 is 13.9 Å². The molecule has 10 heteroatoms. The number of hydrogen-bond acceptors (Lipinski definition) is 6. The van der Waals surface area contributed by atoms with E-state index in [9.17, 15) is 9.59 Å². The second-order valence-corrected chi connectivity index (χ2v) is 8.66. The molecule has 1 amide bonds. The van der Waals surface area contributed by atoms with Crippen molar-refractivity contribution in [3.8, 4) is 5.75 Å². The van der Waals surface area contributed by atoms with E-state index < -0.39 is 11.9 Å². The number of hydrazone groups is 1. The lowest BCUT2D eigenvalue weighted by Gasteiger charge is -2.10. The minimum absolute atomic E-state index is 0.135. The number of amides is 1. The van der Waals surface area contributed by atoms with Crippen molar-refractivity contribution in [2.45, 2.75) is 6.92 Å². The molecule has 1 heterocycles. The molecule has 1 N–H and O–H groups in total. The number of benzene rings is 2. The van der Waals surface area contributed by atoms with Crippen molar-refractivity contribution < 1.29 is 23.5 Å². The molecule has 0 unspecified atom stereocenters. The Morgan fingerprint density at radius 2 is 1.93 bits per heavy atom. The summed E-state index contributed by atoms with van der Waals surface area (Å²) in [7, 11) is 0. The van der Waals surface area contributed by atoms with Gasteiger partial charge in [0.1, 0.15) is 11.3 Å². The molecule has 7 nitrogen and oxygen atoms in total. The maximum Gasteiger partial charge on any atom is 0.344 e. The second-order valence-electron chi connectivity index (χ2n) is 5.90. The number of rotatable bonds is 7. The van der Waals surface area contributed by atoms with Gasteiger partial charge in [0, 0.05) is 10.4 Å². The van der Waals surface area contributed by atoms with Crippen molar-refractivity contribution >= 4 is 85.8 Å². The highest BCUT2D eigenvalue weighted by molar-refractivity contribution is 14.1. The predicted octanol–water partition coefficient (Wildman–Crippen LogP) is 5.00. The fourth-order valence-electron chi connectivity index (χ4n) is 2.47. The molecule has 1 aromatic heterocycles. The van der Waals surface area contributed by atoms with Crippen LogP contribution in [-0.2, 0) is 9.53 Å². The minimum atomic E-state index is -0.475. The van der Waals surface area contributed by atoms with E-state index >= 15 is 0 Å². The molecule has 30 heavy (non-hydrogen) atoms. The quantitative estimate of drug-likeness (QED) is 0.168. The Kier molecular flexibility index (Phi) is 7.94. The van der Waals surface area contributed by atoms with Gasteiger partial charge in [0.25, 0.3) is 0 Å². The molecular formula is C20H15ClI2N2O5. The minimum Gasteiger partial charge on any atom is -0.480 e. The van der Waals surface area contributed by atoms with E-state index in [0.717, 1.165) is 18.1 Å². The summed E-state index contributed by atoms with van der Waals surface area (Å²) in [5, 5.41) is 5.28. The molecule has 0 spiro atoms. The van der Waals surface area contributed by atoms with E-state index in [-0.39, 0.29) is 12.4 Å². The van der Waals surface area contributed by atoms with Crippen LogP contribution < -0.4 is 10.2 Å². The van der Waals surface area contributed by atoms with Gasteiger partial charge in [-0.2, -0.15) is 5.10 Å². The van der Waals surface area contributed by atoms with Gasteiger partial charge in [-0.15, -0.1) is 0 Å². The number of nitrogens with one attached hydrogen (secondary N) is 1. The van der Waals surface area contributed by atoms with Crippen molar-refractivity contribution in [1.29, 1.82) is 0 Å². The largest absolute Gasteiger partial charge is 0.480 e. The monoisotopic (exact) mass is 652 g/mol. The number of ether oxygens (including phenoxy) is 2. The van der Waals surface area contributed by atoms with Crippen molar-refractivity contribution in [2.75, 3.05) is 13.2 Å². The maximum atomic E-state index is 12.3. The van der Waals surface area contributed by atoms with Gasteiger partial charge >= 0.3 is 11.9 Å². The fraction of sp³-hybridized carbons (Fsp3) is 0.150. The molecule has 0 saturated heterocycles. The molecule has 0 aliphatic heterocycles. The summed E-state index contributed by atoms with van der Waals surface area (Å²) < 4.78 is 17.5. The Morgan fingerprint density at radius 1 is 1.20 bits per heavy atom. The Morgan fingerprint density at radius 3 is 2.63 bits per heavy atom. The number of hydrogen-bond donors (Lipinski definition) is 1. The fourth-order valence-corrected chi connectivity index (χ4v) is 4.78. The number of carbonyl (C=O) groups excluding carboxylic acids is 2. The molecular weight excluding hydrogens is 637 g/mol. The maximum absolute atomic E-state index is 12.3. The number of esters is 1. The summed E-state index contributed by atoms with van der Waals surface area (Å²) in [4.78, 5) is 23.7. The van der Waals surface area contributed by atoms with Crippen LogP contribution in [0.1, 0.15) is 23.0 Å². The lowest BCUT2D eigenvalue weighted by atomic mass is 10.2. The molecule has 0 radical (unpaired) electrons. The van der Waals surface area contributed by atoms with Gasteiger partial charge in [-0.3, -0.25) is 4.79 Å². The lowest BCUT2D eigenvalue weighted by Crippen LogP contribution is -2.17. The van der Waals surface area contributed by atoms with E-state index in [1.807, 2.05) is 12.1 Å². The number of halogens is 3. The van der Waals surface area contributed by atoms with Crippen LogP contribution in [0.2, 0.25) is 5.02 Å².